The molecule has 1 aliphatic heterocycles. The Balaban J connectivity index is 1.47. The van der Waals surface area contributed by atoms with E-state index >= 15 is 0 Å². The monoisotopic (exact) mass is 364 g/mol. The lowest BCUT2D eigenvalue weighted by Gasteiger charge is -2.26. The number of aromatic nitrogens is 3. The summed E-state index contributed by atoms with van der Waals surface area (Å²) in [6.07, 6.45) is 1.27. The molecule has 3 aromatic rings. The fourth-order valence-corrected chi connectivity index (χ4v) is 4.17. The third kappa shape index (κ3) is 3.68. The van der Waals surface area contributed by atoms with Crippen molar-refractivity contribution in [3.63, 3.8) is 0 Å². The number of likely N-dealkylation sites (tertiary alicyclic amines) is 1. The average molecular weight is 364 g/mol. The van der Waals surface area contributed by atoms with Crippen molar-refractivity contribution in [2.75, 3.05) is 31.9 Å². The molecule has 0 amide bonds. The van der Waals surface area contributed by atoms with Gasteiger partial charge in [0, 0.05) is 31.2 Å². The van der Waals surface area contributed by atoms with Gasteiger partial charge < -0.3 is 5.73 Å². The Morgan fingerprint density at radius 3 is 2.63 bits per heavy atom. The summed E-state index contributed by atoms with van der Waals surface area (Å²) in [5, 5.41) is 4.31. The summed E-state index contributed by atoms with van der Waals surface area (Å²) in [6.45, 7) is 10.2. The molecule has 4 rings (SSSR count). The van der Waals surface area contributed by atoms with Gasteiger partial charge in [-0.2, -0.15) is 4.98 Å². The van der Waals surface area contributed by atoms with E-state index < -0.39 is 0 Å². The summed E-state index contributed by atoms with van der Waals surface area (Å²) in [5.41, 5.74) is 10.0. The largest absolute Gasteiger partial charge is 0.366 e. The van der Waals surface area contributed by atoms with Gasteiger partial charge in [-0.15, -0.1) is 5.10 Å². The summed E-state index contributed by atoms with van der Waals surface area (Å²) in [5.74, 6) is 0.302. The number of nitrogen functional groups attached to an aromatic ring is 1. The van der Waals surface area contributed by atoms with Crippen molar-refractivity contribution in [2.24, 2.45) is 0 Å². The highest BCUT2D eigenvalue weighted by atomic mass is 15.3. The third-order valence-corrected chi connectivity index (χ3v) is 5.61. The average Bonchev–Trinajstić information content (AvgIpc) is 3.29. The van der Waals surface area contributed by atoms with Crippen LogP contribution in [0.2, 0.25) is 0 Å². The van der Waals surface area contributed by atoms with E-state index in [9.17, 15) is 0 Å². The number of hydrogen-bond donors (Lipinski definition) is 1. The maximum absolute atomic E-state index is 5.75. The zero-order chi connectivity index (χ0) is 18.8. The van der Waals surface area contributed by atoms with Crippen LogP contribution in [-0.4, -0.2) is 56.6 Å². The van der Waals surface area contributed by atoms with E-state index in [0.717, 1.165) is 36.5 Å². The first kappa shape index (κ1) is 17.9. The minimum Gasteiger partial charge on any atom is -0.366 e. The first-order valence-corrected chi connectivity index (χ1v) is 9.85. The number of benzene rings is 1. The quantitative estimate of drug-likeness (QED) is 0.729. The molecule has 1 fully saturated rings. The van der Waals surface area contributed by atoms with Crippen LogP contribution < -0.4 is 5.73 Å². The molecule has 3 heterocycles. The molecule has 0 saturated carbocycles. The number of likely N-dealkylation sites (N-methyl/N-ethyl adjacent to an activating group) is 1. The van der Waals surface area contributed by atoms with E-state index in [-0.39, 0.29) is 0 Å². The van der Waals surface area contributed by atoms with Gasteiger partial charge in [-0.25, -0.2) is 4.52 Å². The number of nitrogens with zero attached hydrogens (tertiary/aromatic N) is 5. The molecule has 0 spiro atoms. The molecule has 0 radical (unpaired) electrons. The summed E-state index contributed by atoms with van der Waals surface area (Å²) < 4.78 is 1.81. The van der Waals surface area contributed by atoms with Gasteiger partial charge in [0.15, 0.2) is 5.65 Å². The van der Waals surface area contributed by atoms with Crippen LogP contribution in [0.15, 0.2) is 42.5 Å². The molecule has 27 heavy (non-hydrogen) atoms. The maximum atomic E-state index is 5.75. The van der Waals surface area contributed by atoms with Gasteiger partial charge in [0.2, 0.25) is 5.95 Å². The second kappa shape index (κ2) is 7.66. The number of hydrogen-bond acceptors (Lipinski definition) is 5. The van der Waals surface area contributed by atoms with Crippen LogP contribution in [0.1, 0.15) is 25.8 Å². The van der Waals surface area contributed by atoms with Crippen molar-refractivity contribution in [2.45, 2.75) is 32.9 Å². The Morgan fingerprint density at radius 1 is 1.11 bits per heavy atom. The van der Waals surface area contributed by atoms with Crippen molar-refractivity contribution in [3.05, 3.63) is 48.0 Å². The van der Waals surface area contributed by atoms with Gasteiger partial charge >= 0.3 is 0 Å². The lowest BCUT2D eigenvalue weighted by molar-refractivity contribution is 0.209. The lowest BCUT2D eigenvalue weighted by Crippen LogP contribution is -2.37. The fraction of sp³-hybridized carbons (Fsp3) is 0.429. The zero-order valence-corrected chi connectivity index (χ0v) is 16.2. The highest BCUT2D eigenvalue weighted by molar-refractivity contribution is 5.63. The van der Waals surface area contributed by atoms with Crippen molar-refractivity contribution in [1.82, 2.24) is 24.4 Å². The zero-order valence-electron chi connectivity index (χ0n) is 16.2. The summed E-state index contributed by atoms with van der Waals surface area (Å²) in [6, 6.07) is 15.4. The van der Waals surface area contributed by atoms with Crippen LogP contribution in [0.25, 0.3) is 16.9 Å². The van der Waals surface area contributed by atoms with Gasteiger partial charge in [-0.3, -0.25) is 9.80 Å². The summed E-state index contributed by atoms with van der Waals surface area (Å²) in [7, 11) is 0. The van der Waals surface area contributed by atoms with E-state index in [1.54, 1.807) is 4.52 Å². The summed E-state index contributed by atoms with van der Waals surface area (Å²) >= 11 is 0. The first-order chi connectivity index (χ1) is 13.2. The third-order valence-electron chi connectivity index (χ3n) is 5.61. The second-order valence-electron chi connectivity index (χ2n) is 7.25. The molecule has 0 bridgehead atoms. The van der Waals surface area contributed by atoms with Gasteiger partial charge in [0.05, 0.1) is 5.69 Å². The standard InChI is InChI=1S/C21H28N6/c1-3-26(4-2)18-12-13-25(15-18)14-16-8-10-17(11-9-16)19-6-5-7-20-23-21(22)24-27(19)20/h5-11,18H,3-4,12-15H2,1-2H3,(H2,22,24). The Morgan fingerprint density at radius 2 is 1.89 bits per heavy atom. The molecular formula is C21H28N6. The summed E-state index contributed by atoms with van der Waals surface area (Å²) in [4.78, 5) is 9.38. The fourth-order valence-electron chi connectivity index (χ4n) is 4.17. The number of rotatable bonds is 6. The van der Waals surface area contributed by atoms with Crippen molar-refractivity contribution in [1.29, 1.82) is 0 Å². The molecule has 1 unspecified atom stereocenters. The lowest BCUT2D eigenvalue weighted by atomic mass is 10.1. The van der Waals surface area contributed by atoms with Crippen LogP contribution in [-0.2, 0) is 6.54 Å². The SMILES string of the molecule is CCN(CC)C1CCN(Cc2ccc(-c3cccc4nc(N)nn34)cc2)C1. The smallest absolute Gasteiger partial charge is 0.240 e. The number of nitrogens with two attached hydrogens (primary N) is 1. The first-order valence-electron chi connectivity index (χ1n) is 9.85. The van der Waals surface area contributed by atoms with Gasteiger partial charge in [0.25, 0.3) is 0 Å². The Bertz CT molecular complexity index is 897. The molecule has 142 valence electrons. The Kier molecular flexibility index (Phi) is 5.09. The van der Waals surface area contributed by atoms with Crippen molar-refractivity contribution < 1.29 is 0 Å². The second-order valence-corrected chi connectivity index (χ2v) is 7.25. The maximum Gasteiger partial charge on any atom is 0.240 e. The van der Waals surface area contributed by atoms with Crippen LogP contribution in [0.5, 0.6) is 0 Å². The van der Waals surface area contributed by atoms with Gasteiger partial charge in [0.1, 0.15) is 0 Å². The topological polar surface area (TPSA) is 62.7 Å². The normalized spacial score (nSPS) is 18.0. The number of anilines is 1. The highest BCUT2D eigenvalue weighted by Crippen LogP contribution is 2.23. The van der Waals surface area contributed by atoms with Gasteiger partial charge in [-0.05, 0) is 37.2 Å². The molecule has 2 aromatic heterocycles. The molecule has 6 heteroatoms. The van der Waals surface area contributed by atoms with Crippen molar-refractivity contribution in [3.8, 4) is 11.3 Å². The minimum atomic E-state index is 0.302. The van der Waals surface area contributed by atoms with E-state index in [1.807, 2.05) is 18.2 Å². The highest BCUT2D eigenvalue weighted by Gasteiger charge is 2.25. The Hall–Kier alpha value is -2.44. The number of fused-ring (bicyclic) bond motifs is 1. The van der Waals surface area contributed by atoms with Crippen LogP contribution in [0.3, 0.4) is 0 Å². The van der Waals surface area contributed by atoms with E-state index in [1.165, 1.54) is 25.1 Å². The van der Waals surface area contributed by atoms with Crippen LogP contribution >= 0.6 is 0 Å². The van der Waals surface area contributed by atoms with Gasteiger partial charge in [-0.1, -0.05) is 44.2 Å². The predicted octanol–water partition coefficient (Wildman–Crippen LogP) is 2.89. The van der Waals surface area contributed by atoms with Crippen LogP contribution in [0, 0.1) is 0 Å². The van der Waals surface area contributed by atoms with Crippen molar-refractivity contribution >= 4 is 11.6 Å². The van der Waals surface area contributed by atoms with E-state index in [4.69, 9.17) is 5.73 Å². The molecule has 1 aliphatic rings. The van der Waals surface area contributed by atoms with Crippen LogP contribution in [0.4, 0.5) is 5.95 Å². The Labute approximate surface area is 160 Å². The molecule has 1 aromatic carbocycles. The molecular weight excluding hydrogens is 336 g/mol. The molecule has 6 nitrogen and oxygen atoms in total. The molecule has 1 saturated heterocycles. The minimum absolute atomic E-state index is 0.302. The number of pyridine rings is 1. The molecule has 1 atom stereocenters. The predicted molar refractivity (Wildman–Crippen MR) is 109 cm³/mol. The van der Waals surface area contributed by atoms with E-state index in [0.29, 0.717) is 12.0 Å². The molecule has 0 aliphatic carbocycles. The molecule has 2 N–H and O–H groups in total. The van der Waals surface area contributed by atoms with E-state index in [2.05, 4.69) is 58.0 Å².